The molecule has 1 fully saturated rings. The minimum absolute atomic E-state index is 0.00950. The van der Waals surface area contributed by atoms with E-state index in [1.165, 1.54) is 0 Å². The van der Waals surface area contributed by atoms with Gasteiger partial charge in [-0.1, -0.05) is 12.2 Å². The number of hydrogen-bond donors (Lipinski definition) is 2. The number of ether oxygens (including phenoxy) is 1. The van der Waals surface area contributed by atoms with Crippen LogP contribution in [0.5, 0.6) is 0 Å². The minimum Gasteiger partial charge on any atom is -0.389 e. The van der Waals surface area contributed by atoms with Gasteiger partial charge >= 0.3 is 0 Å². The van der Waals surface area contributed by atoms with Crippen molar-refractivity contribution in [3.63, 3.8) is 0 Å². The van der Waals surface area contributed by atoms with Crippen LogP contribution >= 0.6 is 12.2 Å². The number of thiocarbonyl (C=S) groups is 1. The molecule has 0 spiro atoms. The van der Waals surface area contributed by atoms with Crippen LogP contribution in [0.3, 0.4) is 0 Å². The van der Waals surface area contributed by atoms with Crippen molar-refractivity contribution in [2.24, 2.45) is 12.8 Å². The Kier molecular flexibility index (Phi) is 4.49. The lowest BCUT2D eigenvalue weighted by Gasteiger charge is -2.22. The molecule has 2 heterocycles. The highest BCUT2D eigenvalue weighted by Crippen LogP contribution is 2.18. The van der Waals surface area contributed by atoms with E-state index >= 15 is 0 Å². The molecule has 1 aromatic rings. The maximum absolute atomic E-state index is 12.0. The van der Waals surface area contributed by atoms with Crippen LogP contribution in [0.25, 0.3) is 0 Å². The van der Waals surface area contributed by atoms with Crippen molar-refractivity contribution in [1.29, 1.82) is 0 Å². The number of hydrogen-bond acceptors (Lipinski definition) is 4. The maximum atomic E-state index is 12.0. The third kappa shape index (κ3) is 3.51. The standard InChI is InChI=1S/C12H18N4O2S/c1-16-12(9(7-14-16)11(13)19)15-10(17)6-8-4-2-3-5-18-8/h7-8H,2-6H2,1H3,(H2,13,19)(H,15,17). The van der Waals surface area contributed by atoms with Crippen molar-refractivity contribution in [3.8, 4) is 0 Å². The number of amides is 1. The first-order valence-electron chi connectivity index (χ1n) is 6.31. The smallest absolute Gasteiger partial charge is 0.228 e. The van der Waals surface area contributed by atoms with E-state index in [1.54, 1.807) is 17.9 Å². The van der Waals surface area contributed by atoms with Crippen molar-refractivity contribution < 1.29 is 9.53 Å². The lowest BCUT2D eigenvalue weighted by atomic mass is 10.1. The number of aromatic nitrogens is 2. The van der Waals surface area contributed by atoms with Crippen molar-refractivity contribution in [1.82, 2.24) is 9.78 Å². The lowest BCUT2D eigenvalue weighted by Crippen LogP contribution is -2.27. The zero-order valence-electron chi connectivity index (χ0n) is 10.9. The number of nitrogens with one attached hydrogen (secondary N) is 1. The number of nitrogens with two attached hydrogens (primary N) is 1. The number of nitrogens with zero attached hydrogens (tertiary/aromatic N) is 2. The van der Waals surface area contributed by atoms with Gasteiger partial charge in [-0.3, -0.25) is 9.48 Å². The van der Waals surface area contributed by atoms with Crippen LogP contribution in [-0.4, -0.2) is 33.4 Å². The molecular weight excluding hydrogens is 264 g/mol. The Labute approximate surface area is 117 Å². The molecule has 1 aromatic heterocycles. The van der Waals surface area contributed by atoms with Gasteiger partial charge in [-0.15, -0.1) is 0 Å². The number of rotatable bonds is 4. The SMILES string of the molecule is Cn1ncc(C(N)=S)c1NC(=O)CC1CCCCO1. The second-order valence-corrected chi connectivity index (χ2v) is 5.08. The summed E-state index contributed by atoms with van der Waals surface area (Å²) in [6.07, 6.45) is 5.03. The third-order valence-electron chi connectivity index (χ3n) is 3.15. The van der Waals surface area contributed by atoms with Gasteiger partial charge in [0.1, 0.15) is 10.8 Å². The Hall–Kier alpha value is -1.47. The summed E-state index contributed by atoms with van der Waals surface area (Å²) in [6.45, 7) is 0.738. The highest BCUT2D eigenvalue weighted by molar-refractivity contribution is 7.80. The van der Waals surface area contributed by atoms with Crippen molar-refractivity contribution in [2.75, 3.05) is 11.9 Å². The first-order valence-corrected chi connectivity index (χ1v) is 6.72. The van der Waals surface area contributed by atoms with Crippen molar-refractivity contribution >= 4 is 28.9 Å². The average molecular weight is 282 g/mol. The van der Waals surface area contributed by atoms with E-state index in [0.29, 0.717) is 17.8 Å². The van der Waals surface area contributed by atoms with Gasteiger partial charge < -0.3 is 15.8 Å². The van der Waals surface area contributed by atoms with Gasteiger partial charge in [-0.25, -0.2) is 0 Å². The number of aryl methyl sites for hydroxylation is 1. The van der Waals surface area contributed by atoms with Gasteiger partial charge in [-0.2, -0.15) is 5.10 Å². The lowest BCUT2D eigenvalue weighted by molar-refractivity contribution is -0.119. The van der Waals surface area contributed by atoms with E-state index in [2.05, 4.69) is 10.4 Å². The molecule has 0 aliphatic carbocycles. The molecule has 1 unspecified atom stereocenters. The molecule has 0 aromatic carbocycles. The zero-order chi connectivity index (χ0) is 13.8. The molecule has 0 bridgehead atoms. The summed E-state index contributed by atoms with van der Waals surface area (Å²) in [7, 11) is 1.73. The normalized spacial score (nSPS) is 19.1. The summed E-state index contributed by atoms with van der Waals surface area (Å²) in [5.74, 6) is 0.432. The fourth-order valence-electron chi connectivity index (χ4n) is 2.12. The quantitative estimate of drug-likeness (QED) is 0.804. The average Bonchev–Trinajstić information content (AvgIpc) is 2.72. The summed E-state index contributed by atoms with van der Waals surface area (Å²) >= 11 is 4.93. The monoisotopic (exact) mass is 282 g/mol. The van der Waals surface area contributed by atoms with Gasteiger partial charge in [0, 0.05) is 13.7 Å². The van der Waals surface area contributed by atoms with Crippen LogP contribution in [0, 0.1) is 0 Å². The Morgan fingerprint density at radius 1 is 1.68 bits per heavy atom. The molecule has 0 saturated carbocycles. The minimum atomic E-state index is -0.104. The fourth-order valence-corrected chi connectivity index (χ4v) is 2.27. The topological polar surface area (TPSA) is 82.2 Å². The second kappa shape index (κ2) is 6.12. The summed E-state index contributed by atoms with van der Waals surface area (Å²) < 4.78 is 7.09. The zero-order valence-corrected chi connectivity index (χ0v) is 11.7. The molecule has 2 rings (SSSR count). The van der Waals surface area contributed by atoms with Gasteiger partial charge in [0.25, 0.3) is 0 Å². The van der Waals surface area contributed by atoms with Gasteiger partial charge in [0.2, 0.25) is 5.91 Å². The molecule has 1 amide bonds. The number of carbonyl (C=O) groups is 1. The Morgan fingerprint density at radius 2 is 2.47 bits per heavy atom. The number of anilines is 1. The summed E-state index contributed by atoms with van der Waals surface area (Å²) in [4.78, 5) is 12.2. The van der Waals surface area contributed by atoms with E-state index in [-0.39, 0.29) is 17.0 Å². The molecule has 6 nitrogen and oxygen atoms in total. The van der Waals surface area contributed by atoms with Crippen molar-refractivity contribution in [3.05, 3.63) is 11.8 Å². The van der Waals surface area contributed by atoms with E-state index in [9.17, 15) is 4.79 Å². The Morgan fingerprint density at radius 3 is 3.11 bits per heavy atom. The molecule has 19 heavy (non-hydrogen) atoms. The molecule has 1 atom stereocenters. The molecular formula is C12H18N4O2S. The van der Waals surface area contributed by atoms with E-state index < -0.39 is 0 Å². The first kappa shape index (κ1) is 14.0. The second-order valence-electron chi connectivity index (χ2n) is 4.64. The largest absolute Gasteiger partial charge is 0.389 e. The molecule has 0 radical (unpaired) electrons. The van der Waals surface area contributed by atoms with Crippen molar-refractivity contribution in [2.45, 2.75) is 31.8 Å². The van der Waals surface area contributed by atoms with Crippen LogP contribution in [0.1, 0.15) is 31.2 Å². The van der Waals surface area contributed by atoms with Gasteiger partial charge in [-0.05, 0) is 19.3 Å². The van der Waals surface area contributed by atoms with E-state index in [1.807, 2.05) is 0 Å². The molecule has 1 aliphatic heterocycles. The first-order chi connectivity index (χ1) is 9.08. The Balaban J connectivity index is 1.98. The summed E-state index contributed by atoms with van der Waals surface area (Å²) in [5, 5.41) is 6.84. The van der Waals surface area contributed by atoms with Crippen LogP contribution < -0.4 is 11.1 Å². The van der Waals surface area contributed by atoms with Gasteiger partial charge in [0.05, 0.1) is 24.3 Å². The molecule has 7 heteroatoms. The van der Waals surface area contributed by atoms with Crippen LogP contribution in [0.4, 0.5) is 5.82 Å². The van der Waals surface area contributed by atoms with Crippen LogP contribution in [0.15, 0.2) is 6.20 Å². The van der Waals surface area contributed by atoms with E-state index in [4.69, 9.17) is 22.7 Å². The highest BCUT2D eigenvalue weighted by Gasteiger charge is 2.20. The Bertz CT molecular complexity index is 480. The molecule has 1 aliphatic rings. The number of carbonyl (C=O) groups excluding carboxylic acids is 1. The third-order valence-corrected chi connectivity index (χ3v) is 3.37. The molecule has 104 valence electrons. The maximum Gasteiger partial charge on any atom is 0.228 e. The van der Waals surface area contributed by atoms with Crippen LogP contribution in [0.2, 0.25) is 0 Å². The summed E-state index contributed by atoms with van der Waals surface area (Å²) in [6, 6.07) is 0. The van der Waals surface area contributed by atoms with Crippen LogP contribution in [-0.2, 0) is 16.6 Å². The molecule has 3 N–H and O–H groups in total. The highest BCUT2D eigenvalue weighted by atomic mass is 32.1. The molecule has 1 saturated heterocycles. The van der Waals surface area contributed by atoms with Gasteiger partial charge in [0.15, 0.2) is 0 Å². The van der Waals surface area contributed by atoms with E-state index in [0.717, 1.165) is 25.9 Å². The predicted molar refractivity (Wildman–Crippen MR) is 75.9 cm³/mol. The predicted octanol–water partition coefficient (Wildman–Crippen LogP) is 0.952. The summed E-state index contributed by atoms with van der Waals surface area (Å²) in [5.41, 5.74) is 6.17. The fraction of sp³-hybridized carbons (Fsp3) is 0.583.